The van der Waals surface area contributed by atoms with E-state index in [2.05, 4.69) is 51.0 Å². The van der Waals surface area contributed by atoms with E-state index in [-0.39, 0.29) is 5.91 Å². The van der Waals surface area contributed by atoms with E-state index in [0.717, 1.165) is 44.8 Å². The van der Waals surface area contributed by atoms with Crippen molar-refractivity contribution in [2.24, 2.45) is 5.92 Å². The number of hydrogen-bond acceptors (Lipinski definition) is 4. The number of hydrogen-bond donors (Lipinski definition) is 1. The van der Waals surface area contributed by atoms with Gasteiger partial charge in [-0.2, -0.15) is 0 Å². The third-order valence-electron chi connectivity index (χ3n) is 6.60. The molecule has 0 bridgehead atoms. The van der Waals surface area contributed by atoms with Crippen molar-refractivity contribution in [3.63, 3.8) is 0 Å². The van der Waals surface area contributed by atoms with Crippen LogP contribution in [0.3, 0.4) is 0 Å². The van der Waals surface area contributed by atoms with E-state index >= 15 is 0 Å². The molecule has 2 fully saturated rings. The van der Waals surface area contributed by atoms with Gasteiger partial charge in [-0.25, -0.2) is 4.98 Å². The van der Waals surface area contributed by atoms with E-state index in [4.69, 9.17) is 4.74 Å². The van der Waals surface area contributed by atoms with Crippen molar-refractivity contribution < 1.29 is 9.53 Å². The summed E-state index contributed by atoms with van der Waals surface area (Å²) >= 11 is 0. The van der Waals surface area contributed by atoms with Crippen LogP contribution in [0.4, 0.5) is 0 Å². The van der Waals surface area contributed by atoms with Gasteiger partial charge in [0.15, 0.2) is 6.10 Å². The minimum atomic E-state index is -0.451. The SMILES string of the molecule is Cc1ccc(CN2CCC3(CC2)O[C@H](C(=O)NCC2CC2)Cn2ccnc23)cc1. The zero-order valence-electron chi connectivity index (χ0n) is 17.1. The van der Waals surface area contributed by atoms with E-state index in [9.17, 15) is 4.79 Å². The number of aryl methyl sites for hydroxylation is 1. The molecule has 3 aliphatic rings. The molecule has 2 aliphatic heterocycles. The largest absolute Gasteiger partial charge is 0.354 e. The van der Waals surface area contributed by atoms with Crippen molar-refractivity contribution >= 4 is 5.91 Å². The number of carbonyl (C=O) groups is 1. The van der Waals surface area contributed by atoms with Gasteiger partial charge in [0, 0.05) is 38.6 Å². The van der Waals surface area contributed by atoms with Crippen molar-refractivity contribution in [3.05, 3.63) is 53.6 Å². The molecule has 0 radical (unpaired) electrons. The van der Waals surface area contributed by atoms with Crippen LogP contribution in [-0.2, 0) is 28.2 Å². The summed E-state index contributed by atoms with van der Waals surface area (Å²) in [5.41, 5.74) is 2.18. The van der Waals surface area contributed by atoms with Gasteiger partial charge in [0.05, 0.1) is 6.54 Å². The van der Waals surface area contributed by atoms with Crippen molar-refractivity contribution in [1.82, 2.24) is 19.8 Å². The van der Waals surface area contributed by atoms with Gasteiger partial charge in [0.1, 0.15) is 11.4 Å². The number of aromatic nitrogens is 2. The van der Waals surface area contributed by atoms with E-state index in [1.165, 1.54) is 24.0 Å². The highest BCUT2D eigenvalue weighted by Crippen LogP contribution is 2.40. The fraction of sp³-hybridized carbons (Fsp3) is 0.565. The first-order chi connectivity index (χ1) is 14.1. The molecule has 1 N–H and O–H groups in total. The Labute approximate surface area is 172 Å². The maximum atomic E-state index is 12.7. The molecule has 1 saturated carbocycles. The Kier molecular flexibility index (Phi) is 4.92. The first-order valence-corrected chi connectivity index (χ1v) is 10.9. The Morgan fingerprint density at radius 1 is 1.24 bits per heavy atom. The third-order valence-corrected chi connectivity index (χ3v) is 6.60. The van der Waals surface area contributed by atoms with Crippen LogP contribution in [0.15, 0.2) is 36.7 Å². The molecule has 6 nitrogen and oxygen atoms in total. The zero-order valence-corrected chi connectivity index (χ0v) is 17.1. The molecule has 1 aliphatic carbocycles. The van der Waals surface area contributed by atoms with Crippen molar-refractivity contribution in [2.45, 2.75) is 57.4 Å². The topological polar surface area (TPSA) is 59.4 Å². The molecule has 0 unspecified atom stereocenters. The summed E-state index contributed by atoms with van der Waals surface area (Å²) < 4.78 is 8.63. The fourth-order valence-corrected chi connectivity index (χ4v) is 4.58. The lowest BCUT2D eigenvalue weighted by atomic mass is 9.88. The van der Waals surface area contributed by atoms with E-state index in [0.29, 0.717) is 12.5 Å². The Morgan fingerprint density at radius 3 is 2.72 bits per heavy atom. The summed E-state index contributed by atoms with van der Waals surface area (Å²) in [5.74, 6) is 1.68. The standard InChI is InChI=1S/C23H30N4O2/c1-17-2-4-19(5-3-17)15-26-11-8-23(9-12-26)22-24-10-13-27(22)16-20(29-23)21(28)25-14-18-6-7-18/h2-5,10,13,18,20H,6-9,11-12,14-16H2,1H3,(H,25,28)/t20-/m0/s1. The first kappa shape index (κ1) is 18.8. The second-order valence-electron chi connectivity index (χ2n) is 8.95. The van der Waals surface area contributed by atoms with Crippen LogP contribution >= 0.6 is 0 Å². The molecule has 1 aromatic carbocycles. The molecule has 154 valence electrons. The third kappa shape index (κ3) is 3.96. The average molecular weight is 395 g/mol. The van der Waals surface area contributed by atoms with Crippen LogP contribution < -0.4 is 5.32 Å². The lowest BCUT2D eigenvalue weighted by Gasteiger charge is -2.45. The number of nitrogens with zero attached hydrogens (tertiary/aromatic N) is 3. The Hall–Kier alpha value is -2.18. The van der Waals surface area contributed by atoms with Gasteiger partial charge >= 0.3 is 0 Å². The van der Waals surface area contributed by atoms with Crippen LogP contribution in [0, 0.1) is 12.8 Å². The number of amides is 1. The van der Waals surface area contributed by atoms with Gasteiger partial charge in [-0.3, -0.25) is 9.69 Å². The van der Waals surface area contributed by atoms with Gasteiger partial charge in [-0.1, -0.05) is 29.8 Å². The molecular formula is C23H30N4O2. The highest BCUT2D eigenvalue weighted by atomic mass is 16.5. The Bertz CT molecular complexity index is 863. The molecular weight excluding hydrogens is 364 g/mol. The number of nitrogens with one attached hydrogen (secondary N) is 1. The van der Waals surface area contributed by atoms with E-state index < -0.39 is 11.7 Å². The second kappa shape index (κ2) is 7.58. The number of rotatable bonds is 5. The number of likely N-dealkylation sites (tertiary alicyclic amines) is 1. The molecule has 1 spiro atoms. The number of benzene rings is 1. The molecule has 29 heavy (non-hydrogen) atoms. The Morgan fingerprint density at radius 2 is 2.00 bits per heavy atom. The number of imidazole rings is 1. The molecule has 1 atom stereocenters. The Balaban J connectivity index is 1.26. The normalized spacial score (nSPS) is 23.7. The fourth-order valence-electron chi connectivity index (χ4n) is 4.58. The van der Waals surface area contributed by atoms with Gasteiger partial charge in [0.25, 0.3) is 5.91 Å². The molecule has 2 aromatic rings. The number of ether oxygens (including phenoxy) is 1. The smallest absolute Gasteiger partial charge is 0.251 e. The number of fused-ring (bicyclic) bond motifs is 2. The van der Waals surface area contributed by atoms with Gasteiger partial charge in [-0.05, 0) is 44.1 Å². The minimum absolute atomic E-state index is 0.0257. The lowest BCUT2D eigenvalue weighted by Crippen LogP contribution is -2.54. The summed E-state index contributed by atoms with van der Waals surface area (Å²) in [6.45, 7) is 6.30. The van der Waals surface area contributed by atoms with Crippen LogP contribution in [0.5, 0.6) is 0 Å². The van der Waals surface area contributed by atoms with Crippen molar-refractivity contribution in [3.8, 4) is 0 Å². The molecule has 3 heterocycles. The highest BCUT2D eigenvalue weighted by Gasteiger charge is 2.47. The lowest BCUT2D eigenvalue weighted by molar-refractivity contribution is -0.173. The second-order valence-corrected chi connectivity index (χ2v) is 8.95. The summed E-state index contributed by atoms with van der Waals surface area (Å²) in [6.07, 6.45) is 7.59. The monoisotopic (exact) mass is 394 g/mol. The summed E-state index contributed by atoms with van der Waals surface area (Å²) in [5, 5.41) is 3.10. The molecule has 1 amide bonds. The van der Waals surface area contributed by atoms with Crippen LogP contribution in [0.1, 0.15) is 42.6 Å². The highest BCUT2D eigenvalue weighted by molar-refractivity contribution is 5.81. The first-order valence-electron chi connectivity index (χ1n) is 10.9. The van der Waals surface area contributed by atoms with Gasteiger partial charge in [0.2, 0.25) is 0 Å². The summed E-state index contributed by atoms with van der Waals surface area (Å²) in [6, 6.07) is 8.77. The van der Waals surface area contributed by atoms with E-state index in [1.54, 1.807) is 0 Å². The predicted octanol–water partition coefficient (Wildman–Crippen LogP) is 2.61. The molecule has 5 rings (SSSR count). The van der Waals surface area contributed by atoms with Crippen molar-refractivity contribution in [2.75, 3.05) is 19.6 Å². The minimum Gasteiger partial charge on any atom is -0.354 e. The van der Waals surface area contributed by atoms with Gasteiger partial charge < -0.3 is 14.6 Å². The predicted molar refractivity (Wildman–Crippen MR) is 110 cm³/mol. The molecule has 1 saturated heterocycles. The summed E-state index contributed by atoms with van der Waals surface area (Å²) in [4.78, 5) is 19.8. The van der Waals surface area contributed by atoms with Crippen LogP contribution in [0.25, 0.3) is 0 Å². The van der Waals surface area contributed by atoms with Crippen LogP contribution in [-0.4, -0.2) is 46.1 Å². The van der Waals surface area contributed by atoms with E-state index in [1.807, 2.05) is 12.4 Å². The molecule has 1 aromatic heterocycles. The average Bonchev–Trinajstić information content (AvgIpc) is 3.44. The zero-order chi connectivity index (χ0) is 19.8. The maximum absolute atomic E-state index is 12.7. The number of carbonyl (C=O) groups excluding carboxylic acids is 1. The molecule has 6 heteroatoms. The summed E-state index contributed by atoms with van der Waals surface area (Å²) in [7, 11) is 0. The van der Waals surface area contributed by atoms with Crippen molar-refractivity contribution in [1.29, 1.82) is 0 Å². The van der Waals surface area contributed by atoms with Crippen LogP contribution in [0.2, 0.25) is 0 Å². The maximum Gasteiger partial charge on any atom is 0.251 e. The number of piperidine rings is 1. The quantitative estimate of drug-likeness (QED) is 0.847. The van der Waals surface area contributed by atoms with Gasteiger partial charge in [-0.15, -0.1) is 0 Å².